The van der Waals surface area contributed by atoms with Gasteiger partial charge in [0, 0.05) is 55.5 Å². The van der Waals surface area contributed by atoms with E-state index in [-0.39, 0.29) is 25.5 Å². The third-order valence-corrected chi connectivity index (χ3v) is 7.25. The molecule has 0 radical (unpaired) electrons. The van der Waals surface area contributed by atoms with Gasteiger partial charge in [0.15, 0.2) is 0 Å². The number of aliphatic hydroxyl groups is 1. The van der Waals surface area contributed by atoms with Crippen molar-refractivity contribution in [2.24, 2.45) is 5.73 Å². The average Bonchev–Trinajstić information content (AvgIpc) is 2.94. The van der Waals surface area contributed by atoms with Crippen molar-refractivity contribution in [3.05, 3.63) is 64.7 Å². The van der Waals surface area contributed by atoms with Gasteiger partial charge in [0.1, 0.15) is 6.04 Å². The van der Waals surface area contributed by atoms with Gasteiger partial charge in [-0.05, 0) is 54.8 Å². The number of anilines is 1. The number of benzene rings is 2. The Labute approximate surface area is 233 Å². The first-order valence-electron chi connectivity index (χ1n) is 12.5. The van der Waals surface area contributed by atoms with Gasteiger partial charge in [-0.3, -0.25) is 19.3 Å². The summed E-state index contributed by atoms with van der Waals surface area (Å²) in [7, 11) is 1.22. The number of piperazine rings is 1. The summed E-state index contributed by atoms with van der Waals surface area (Å²) in [4.78, 5) is 43.2. The molecule has 1 aliphatic rings. The number of thiol groups is 1. The van der Waals surface area contributed by atoms with Gasteiger partial charge in [-0.25, -0.2) is 0 Å². The van der Waals surface area contributed by atoms with E-state index in [1.54, 1.807) is 24.3 Å². The molecule has 1 unspecified atom stereocenters. The van der Waals surface area contributed by atoms with Gasteiger partial charge in [-0.15, -0.1) is 0 Å². The number of aliphatic hydroxyl groups excluding tert-OH is 1. The molecule has 206 valence electrons. The van der Waals surface area contributed by atoms with Crippen LogP contribution in [-0.4, -0.2) is 97.0 Å². The summed E-state index contributed by atoms with van der Waals surface area (Å²) in [5.41, 5.74) is 8.04. The Kier molecular flexibility index (Phi) is 11.4. The standard InChI is InChI=1S/C27H35ClN4O5S/c1-37-27(36)23(29)18-24(38)26(35)32(16-17-33)22-8-4-20(5-9-22)25(34)31-14-12-30(13-15-31)11-10-19-2-6-21(28)7-3-19/h2-9,23-24,33,38H,10-18,29H2,1H3/t23?,24-/m1/s1. The van der Waals surface area contributed by atoms with Gasteiger partial charge in [0.05, 0.1) is 19.0 Å². The number of methoxy groups -OCH3 is 1. The zero-order valence-corrected chi connectivity index (χ0v) is 23.1. The van der Waals surface area contributed by atoms with Crippen molar-refractivity contribution in [1.29, 1.82) is 0 Å². The summed E-state index contributed by atoms with van der Waals surface area (Å²) in [6, 6.07) is 13.6. The summed E-state index contributed by atoms with van der Waals surface area (Å²) in [5, 5.41) is 9.36. The molecule has 0 aliphatic carbocycles. The Hall–Kier alpha value is -2.63. The smallest absolute Gasteiger partial charge is 0.322 e. The van der Waals surface area contributed by atoms with Gasteiger partial charge in [-0.1, -0.05) is 23.7 Å². The highest BCUT2D eigenvalue weighted by atomic mass is 35.5. The molecule has 0 aromatic heterocycles. The number of amides is 2. The van der Waals surface area contributed by atoms with E-state index in [1.165, 1.54) is 17.6 Å². The van der Waals surface area contributed by atoms with Crippen molar-refractivity contribution in [3.8, 4) is 0 Å². The number of ether oxygens (including phenoxy) is 1. The number of rotatable bonds is 11. The summed E-state index contributed by atoms with van der Waals surface area (Å²) in [6.07, 6.45) is 0.913. The molecule has 1 heterocycles. The third kappa shape index (κ3) is 8.18. The molecular weight excluding hydrogens is 528 g/mol. The zero-order valence-electron chi connectivity index (χ0n) is 21.5. The van der Waals surface area contributed by atoms with Crippen molar-refractivity contribution in [1.82, 2.24) is 9.80 Å². The van der Waals surface area contributed by atoms with Crippen LogP contribution in [-0.2, 0) is 20.7 Å². The molecule has 9 nitrogen and oxygen atoms in total. The van der Waals surface area contributed by atoms with Crippen LogP contribution in [0.5, 0.6) is 0 Å². The lowest BCUT2D eigenvalue weighted by Gasteiger charge is -2.35. The molecule has 2 atom stereocenters. The molecular formula is C27H35ClN4O5S. The van der Waals surface area contributed by atoms with Gasteiger partial charge in [0.2, 0.25) is 5.91 Å². The fourth-order valence-electron chi connectivity index (χ4n) is 4.31. The van der Waals surface area contributed by atoms with E-state index in [9.17, 15) is 19.5 Å². The lowest BCUT2D eigenvalue weighted by molar-refractivity contribution is -0.142. The second-order valence-electron chi connectivity index (χ2n) is 9.15. The van der Waals surface area contributed by atoms with E-state index >= 15 is 0 Å². The van der Waals surface area contributed by atoms with Crippen LogP contribution in [0, 0.1) is 0 Å². The summed E-state index contributed by atoms with van der Waals surface area (Å²) >= 11 is 10.3. The van der Waals surface area contributed by atoms with E-state index in [1.807, 2.05) is 29.2 Å². The fraction of sp³-hybridized carbons (Fsp3) is 0.444. The molecule has 2 amide bonds. The maximum atomic E-state index is 13.1. The monoisotopic (exact) mass is 562 g/mol. The molecule has 3 rings (SSSR count). The van der Waals surface area contributed by atoms with Crippen LogP contribution >= 0.6 is 24.2 Å². The van der Waals surface area contributed by atoms with Crippen LogP contribution in [0.2, 0.25) is 5.02 Å². The first-order chi connectivity index (χ1) is 18.2. The minimum Gasteiger partial charge on any atom is -0.468 e. The van der Waals surface area contributed by atoms with E-state index in [2.05, 4.69) is 22.3 Å². The van der Waals surface area contributed by atoms with Crippen LogP contribution in [0.4, 0.5) is 5.69 Å². The number of esters is 1. The first-order valence-corrected chi connectivity index (χ1v) is 13.4. The molecule has 1 fully saturated rings. The number of nitrogens with two attached hydrogens (primary N) is 1. The SMILES string of the molecule is COC(=O)C(N)C[C@@H](S)C(=O)N(CCO)c1ccc(C(=O)N2CCN(CCc3ccc(Cl)cc3)CC2)cc1. The summed E-state index contributed by atoms with van der Waals surface area (Å²) < 4.78 is 4.61. The van der Waals surface area contributed by atoms with Crippen molar-refractivity contribution in [3.63, 3.8) is 0 Å². The van der Waals surface area contributed by atoms with Crippen LogP contribution in [0.1, 0.15) is 22.3 Å². The van der Waals surface area contributed by atoms with Gasteiger partial charge in [-0.2, -0.15) is 12.6 Å². The zero-order chi connectivity index (χ0) is 27.7. The number of nitrogens with zero attached hydrogens (tertiary/aromatic N) is 3. The Morgan fingerprint density at radius 2 is 1.71 bits per heavy atom. The van der Waals surface area contributed by atoms with Crippen LogP contribution < -0.4 is 10.6 Å². The van der Waals surface area contributed by atoms with E-state index < -0.39 is 23.2 Å². The van der Waals surface area contributed by atoms with Gasteiger partial charge < -0.3 is 25.4 Å². The van der Waals surface area contributed by atoms with Crippen LogP contribution in [0.25, 0.3) is 0 Å². The summed E-state index contributed by atoms with van der Waals surface area (Å²) in [6.45, 7) is 3.56. The molecule has 0 bridgehead atoms. The maximum absolute atomic E-state index is 13.1. The van der Waals surface area contributed by atoms with Crippen LogP contribution in [0.15, 0.2) is 48.5 Å². The molecule has 2 aromatic rings. The predicted octanol–water partition coefficient (Wildman–Crippen LogP) is 1.85. The normalized spacial score (nSPS) is 15.6. The number of carbonyl (C=O) groups excluding carboxylic acids is 3. The largest absolute Gasteiger partial charge is 0.468 e. The Morgan fingerprint density at radius 1 is 1.08 bits per heavy atom. The Morgan fingerprint density at radius 3 is 2.29 bits per heavy atom. The Balaban J connectivity index is 1.55. The fourth-order valence-corrected chi connectivity index (χ4v) is 4.81. The van der Waals surface area contributed by atoms with Gasteiger partial charge in [0.25, 0.3) is 5.91 Å². The highest BCUT2D eigenvalue weighted by Gasteiger charge is 2.28. The predicted molar refractivity (Wildman–Crippen MR) is 151 cm³/mol. The minimum atomic E-state index is -0.986. The number of halogens is 1. The molecule has 2 aromatic carbocycles. The maximum Gasteiger partial charge on any atom is 0.322 e. The molecule has 0 saturated carbocycles. The molecule has 11 heteroatoms. The lowest BCUT2D eigenvalue weighted by atomic mass is 10.1. The number of hydrogen-bond donors (Lipinski definition) is 3. The van der Waals surface area contributed by atoms with Crippen molar-refractivity contribution in [2.45, 2.75) is 24.1 Å². The second kappa shape index (κ2) is 14.5. The highest BCUT2D eigenvalue weighted by molar-refractivity contribution is 7.81. The van der Waals surface area contributed by atoms with E-state index in [0.29, 0.717) is 24.3 Å². The topological polar surface area (TPSA) is 116 Å². The first kappa shape index (κ1) is 29.9. The number of hydrogen-bond acceptors (Lipinski definition) is 8. The van der Waals surface area contributed by atoms with Crippen molar-refractivity contribution in [2.75, 3.05) is 57.9 Å². The second-order valence-corrected chi connectivity index (χ2v) is 10.2. The molecule has 1 saturated heterocycles. The molecule has 1 aliphatic heterocycles. The average molecular weight is 563 g/mol. The molecule has 0 spiro atoms. The Bertz CT molecular complexity index is 1080. The van der Waals surface area contributed by atoms with Crippen molar-refractivity contribution >= 4 is 47.7 Å². The lowest BCUT2D eigenvalue weighted by Crippen LogP contribution is -2.49. The van der Waals surface area contributed by atoms with E-state index in [4.69, 9.17) is 17.3 Å². The molecule has 38 heavy (non-hydrogen) atoms. The van der Waals surface area contributed by atoms with E-state index in [0.717, 1.165) is 31.1 Å². The highest BCUT2D eigenvalue weighted by Crippen LogP contribution is 2.21. The van der Waals surface area contributed by atoms with Crippen molar-refractivity contribution < 1.29 is 24.2 Å². The van der Waals surface area contributed by atoms with Gasteiger partial charge >= 0.3 is 5.97 Å². The minimum absolute atomic E-state index is 0.0151. The summed E-state index contributed by atoms with van der Waals surface area (Å²) in [5.74, 6) is -1.10. The molecule has 3 N–H and O–H groups in total. The van der Waals surface area contributed by atoms with Crippen LogP contribution in [0.3, 0.4) is 0 Å². The number of carbonyl (C=O) groups is 3. The third-order valence-electron chi connectivity index (χ3n) is 6.57. The quantitative estimate of drug-likeness (QED) is 0.283.